The molecule has 17 heavy (non-hydrogen) atoms. The number of likely N-dealkylation sites (tertiary alicyclic amines) is 1. The number of hydrogen-bond donors (Lipinski definition) is 1. The molecule has 0 radical (unpaired) electrons. The quantitative estimate of drug-likeness (QED) is 0.848. The highest BCUT2D eigenvalue weighted by Gasteiger charge is 2.22. The summed E-state index contributed by atoms with van der Waals surface area (Å²) in [5, 5.41) is 9.02. The highest BCUT2D eigenvalue weighted by molar-refractivity contribution is 5.93. The Kier molecular flexibility index (Phi) is 5.10. The number of nitrogens with zero attached hydrogens (tertiary/aromatic N) is 2. The number of pyridine rings is 1. The van der Waals surface area contributed by atoms with Crippen LogP contribution in [-0.2, 0) is 0 Å². The molecule has 0 aromatic carbocycles. The predicted octanol–water partition coefficient (Wildman–Crippen LogP) is 1.56. The molecule has 1 aromatic rings. The van der Waals surface area contributed by atoms with Crippen molar-refractivity contribution in [1.29, 1.82) is 0 Å². The average Bonchev–Trinajstić information content (AvgIpc) is 2.39. The first kappa shape index (κ1) is 13.6. The van der Waals surface area contributed by atoms with Gasteiger partial charge in [-0.15, -0.1) is 0 Å². The van der Waals surface area contributed by atoms with Crippen molar-refractivity contribution >= 4 is 5.91 Å². The zero-order valence-electron chi connectivity index (χ0n) is 9.17. The molecule has 0 unspecified atom stereocenters. The lowest BCUT2D eigenvalue weighted by Gasteiger charge is -2.31. The zero-order chi connectivity index (χ0) is 11.4. The summed E-state index contributed by atoms with van der Waals surface area (Å²) in [6, 6.07) is 3.56. The molecular formula is C13H20N2O2. The van der Waals surface area contributed by atoms with E-state index in [9.17, 15) is 4.79 Å². The molecule has 94 valence electrons. The molecule has 1 aliphatic heterocycles. The van der Waals surface area contributed by atoms with Crippen molar-refractivity contribution in [3.63, 3.8) is 0 Å². The molecule has 0 bridgehead atoms. The first-order valence-corrected chi connectivity index (χ1v) is 5.61. The number of amides is 1. The van der Waals surface area contributed by atoms with Crippen LogP contribution >= 0.6 is 0 Å². The van der Waals surface area contributed by atoms with E-state index in [1.165, 1.54) is 0 Å². The van der Waals surface area contributed by atoms with Gasteiger partial charge >= 0.3 is 0 Å². The second-order valence-corrected chi connectivity index (χ2v) is 4.16. The Morgan fingerprint density at radius 2 is 2.18 bits per heavy atom. The van der Waals surface area contributed by atoms with Gasteiger partial charge in [0.05, 0.1) is 5.56 Å². The molecule has 4 nitrogen and oxygen atoms in total. The van der Waals surface area contributed by atoms with Crippen LogP contribution < -0.4 is 0 Å². The van der Waals surface area contributed by atoms with Crippen LogP contribution in [0.15, 0.2) is 24.5 Å². The molecular weight excluding hydrogens is 216 g/mol. The van der Waals surface area contributed by atoms with Crippen LogP contribution in [0.2, 0.25) is 0 Å². The lowest BCUT2D eigenvalue weighted by molar-refractivity contribution is 0.0650. The molecule has 4 heteroatoms. The fraction of sp³-hybridized carbons (Fsp3) is 0.538. The molecule has 1 aliphatic rings. The Morgan fingerprint density at radius 1 is 1.47 bits per heavy atom. The maximum absolute atomic E-state index is 12.0. The van der Waals surface area contributed by atoms with Crippen LogP contribution in [0.3, 0.4) is 0 Å². The number of rotatable bonds is 2. The van der Waals surface area contributed by atoms with Gasteiger partial charge in [0, 0.05) is 32.1 Å². The van der Waals surface area contributed by atoms with Crippen LogP contribution in [0.25, 0.3) is 0 Å². The van der Waals surface area contributed by atoms with E-state index in [2.05, 4.69) is 4.98 Å². The lowest BCUT2D eigenvalue weighted by Crippen LogP contribution is -2.39. The molecule has 2 rings (SSSR count). The van der Waals surface area contributed by atoms with Gasteiger partial charge < -0.3 is 10.0 Å². The molecule has 1 saturated heterocycles. The number of piperidine rings is 1. The summed E-state index contributed by atoms with van der Waals surface area (Å²) in [5.41, 5.74) is 0.643. The van der Waals surface area contributed by atoms with Crippen LogP contribution in [0.1, 0.15) is 30.6 Å². The number of aliphatic hydroxyl groups is 1. The fourth-order valence-corrected chi connectivity index (χ4v) is 1.99. The maximum atomic E-state index is 12.0. The van der Waals surface area contributed by atoms with Crippen LogP contribution in [-0.4, -0.2) is 40.6 Å². The molecule has 2 heterocycles. The Hall–Kier alpha value is -1.42. The first-order valence-electron chi connectivity index (χ1n) is 5.61. The van der Waals surface area contributed by atoms with Crippen molar-refractivity contribution in [1.82, 2.24) is 9.88 Å². The Morgan fingerprint density at radius 3 is 2.71 bits per heavy atom. The van der Waals surface area contributed by atoms with Crippen molar-refractivity contribution in [2.24, 2.45) is 5.92 Å². The van der Waals surface area contributed by atoms with E-state index in [1.54, 1.807) is 24.5 Å². The summed E-state index contributed by atoms with van der Waals surface area (Å²) in [4.78, 5) is 17.8. The summed E-state index contributed by atoms with van der Waals surface area (Å²) in [6.45, 7) is 1.70. The third-order valence-corrected chi connectivity index (χ3v) is 3.07. The number of carbonyl (C=O) groups is 1. The van der Waals surface area contributed by atoms with Crippen LogP contribution in [0.5, 0.6) is 0 Å². The molecule has 1 fully saturated rings. The number of aliphatic hydroxyl groups excluding tert-OH is 1. The third kappa shape index (κ3) is 3.27. The minimum atomic E-state index is 0. The van der Waals surface area contributed by atoms with Gasteiger partial charge in [0.25, 0.3) is 5.91 Å². The highest BCUT2D eigenvalue weighted by atomic mass is 16.3. The van der Waals surface area contributed by atoms with Gasteiger partial charge in [-0.1, -0.05) is 7.43 Å². The SMILES string of the molecule is C.O=C(c1cccnc1)N1CCC(CO)CC1. The summed E-state index contributed by atoms with van der Waals surface area (Å²) in [5.74, 6) is 0.405. The molecule has 0 saturated carbocycles. The molecule has 0 atom stereocenters. The van der Waals surface area contributed by atoms with Crippen molar-refractivity contribution in [2.45, 2.75) is 20.3 Å². The van der Waals surface area contributed by atoms with Crippen molar-refractivity contribution in [3.05, 3.63) is 30.1 Å². The molecule has 1 N–H and O–H groups in total. The minimum Gasteiger partial charge on any atom is -0.396 e. The Bertz CT molecular complexity index is 346. The van der Waals surface area contributed by atoms with Gasteiger partial charge in [0.2, 0.25) is 0 Å². The highest BCUT2D eigenvalue weighted by Crippen LogP contribution is 2.18. The van der Waals surface area contributed by atoms with Crippen LogP contribution in [0, 0.1) is 5.92 Å². The van der Waals surface area contributed by atoms with Crippen molar-refractivity contribution in [2.75, 3.05) is 19.7 Å². The smallest absolute Gasteiger partial charge is 0.255 e. The molecule has 1 aromatic heterocycles. The van der Waals surface area contributed by atoms with E-state index < -0.39 is 0 Å². The van der Waals surface area contributed by atoms with Gasteiger partial charge in [0.15, 0.2) is 0 Å². The summed E-state index contributed by atoms with van der Waals surface area (Å²) < 4.78 is 0. The number of hydrogen-bond acceptors (Lipinski definition) is 3. The first-order chi connectivity index (χ1) is 7.81. The average molecular weight is 236 g/mol. The van der Waals surface area contributed by atoms with E-state index >= 15 is 0 Å². The van der Waals surface area contributed by atoms with E-state index in [0.29, 0.717) is 11.5 Å². The fourth-order valence-electron chi connectivity index (χ4n) is 1.99. The van der Waals surface area contributed by atoms with E-state index in [4.69, 9.17) is 5.11 Å². The van der Waals surface area contributed by atoms with Gasteiger partial charge in [-0.25, -0.2) is 0 Å². The maximum Gasteiger partial charge on any atom is 0.255 e. The Labute approximate surface area is 102 Å². The number of aromatic nitrogens is 1. The van der Waals surface area contributed by atoms with Gasteiger partial charge in [-0.3, -0.25) is 9.78 Å². The standard InChI is InChI=1S/C12H16N2O2.CH4/c15-9-10-3-6-14(7-4-10)12(16)11-2-1-5-13-8-11;/h1-2,5,8,10,15H,3-4,6-7,9H2;1H4. The molecule has 0 spiro atoms. The van der Waals surface area contributed by atoms with Crippen molar-refractivity contribution < 1.29 is 9.90 Å². The summed E-state index contributed by atoms with van der Waals surface area (Å²) in [6.07, 6.45) is 5.04. The lowest BCUT2D eigenvalue weighted by atomic mass is 9.97. The van der Waals surface area contributed by atoms with Gasteiger partial charge in [-0.2, -0.15) is 0 Å². The van der Waals surface area contributed by atoms with E-state index in [0.717, 1.165) is 25.9 Å². The topological polar surface area (TPSA) is 53.4 Å². The molecule has 0 aliphatic carbocycles. The van der Waals surface area contributed by atoms with Gasteiger partial charge in [0.1, 0.15) is 0 Å². The third-order valence-electron chi connectivity index (χ3n) is 3.07. The monoisotopic (exact) mass is 236 g/mol. The molecule has 1 amide bonds. The summed E-state index contributed by atoms with van der Waals surface area (Å²) >= 11 is 0. The van der Waals surface area contributed by atoms with Crippen molar-refractivity contribution in [3.8, 4) is 0 Å². The Balaban J connectivity index is 0.00000144. The normalized spacial score (nSPS) is 16.4. The minimum absolute atomic E-state index is 0. The second-order valence-electron chi connectivity index (χ2n) is 4.16. The van der Waals surface area contributed by atoms with Crippen LogP contribution in [0.4, 0.5) is 0 Å². The predicted molar refractivity (Wildman–Crippen MR) is 66.7 cm³/mol. The summed E-state index contributed by atoms with van der Waals surface area (Å²) in [7, 11) is 0. The van der Waals surface area contributed by atoms with Gasteiger partial charge in [-0.05, 0) is 30.9 Å². The zero-order valence-corrected chi connectivity index (χ0v) is 9.17. The van der Waals surface area contributed by atoms with E-state index in [1.807, 2.05) is 4.90 Å². The second kappa shape index (κ2) is 6.35. The van der Waals surface area contributed by atoms with E-state index in [-0.39, 0.29) is 19.9 Å². The number of carbonyl (C=O) groups excluding carboxylic acids is 1. The largest absolute Gasteiger partial charge is 0.396 e.